The van der Waals surface area contributed by atoms with Crippen LogP contribution in [0.1, 0.15) is 39.0 Å². The van der Waals surface area contributed by atoms with Crippen LogP contribution in [0.2, 0.25) is 0 Å². The molecule has 0 spiro atoms. The molecule has 0 bridgehead atoms. The molecule has 102 valence electrons. The Bertz CT molecular complexity index is 298. The highest BCUT2D eigenvalue weighted by atomic mass is 16.5. The molecule has 0 aliphatic heterocycles. The van der Waals surface area contributed by atoms with Gasteiger partial charge in [-0.25, -0.2) is 0 Å². The van der Waals surface area contributed by atoms with Crippen molar-refractivity contribution in [3.05, 3.63) is 24.3 Å². The monoisotopic (exact) mass is 251 g/mol. The number of anilines is 1. The minimum absolute atomic E-state index is 0.228. The molecule has 0 fully saturated rings. The Kier molecular flexibility index (Phi) is 8.06. The Morgan fingerprint density at radius 1 is 1.06 bits per heavy atom. The zero-order valence-electron chi connectivity index (χ0n) is 11.3. The molecule has 18 heavy (non-hydrogen) atoms. The van der Waals surface area contributed by atoms with Gasteiger partial charge < -0.3 is 15.2 Å². The second-order valence-electron chi connectivity index (χ2n) is 4.44. The third kappa shape index (κ3) is 6.50. The molecule has 0 aliphatic rings. The van der Waals surface area contributed by atoms with Crippen LogP contribution in [0.25, 0.3) is 0 Å². The van der Waals surface area contributed by atoms with E-state index in [2.05, 4.69) is 12.2 Å². The van der Waals surface area contributed by atoms with Crippen molar-refractivity contribution in [2.45, 2.75) is 39.0 Å². The van der Waals surface area contributed by atoms with E-state index in [0.717, 1.165) is 37.4 Å². The average molecular weight is 251 g/mol. The van der Waals surface area contributed by atoms with Gasteiger partial charge in [0.2, 0.25) is 0 Å². The van der Waals surface area contributed by atoms with Crippen molar-refractivity contribution in [1.82, 2.24) is 0 Å². The number of rotatable bonds is 10. The zero-order chi connectivity index (χ0) is 13.1. The first kappa shape index (κ1) is 14.8. The second-order valence-corrected chi connectivity index (χ2v) is 4.44. The maximum Gasteiger partial charge on any atom is 0.119 e. The fraction of sp³-hybridized carbons (Fsp3) is 0.600. The van der Waals surface area contributed by atoms with Crippen molar-refractivity contribution >= 4 is 5.69 Å². The van der Waals surface area contributed by atoms with Gasteiger partial charge in [0.15, 0.2) is 0 Å². The highest BCUT2D eigenvalue weighted by Gasteiger charge is 1.95. The molecule has 0 saturated carbocycles. The van der Waals surface area contributed by atoms with Gasteiger partial charge in [0.05, 0.1) is 6.61 Å². The topological polar surface area (TPSA) is 41.5 Å². The summed E-state index contributed by atoms with van der Waals surface area (Å²) >= 11 is 0. The number of nitrogens with one attached hydrogen (secondary N) is 1. The minimum Gasteiger partial charge on any atom is -0.494 e. The van der Waals surface area contributed by atoms with Crippen molar-refractivity contribution < 1.29 is 9.84 Å². The molecule has 0 aliphatic carbocycles. The fourth-order valence-electron chi connectivity index (χ4n) is 1.70. The molecule has 1 aromatic carbocycles. The first-order valence-electron chi connectivity index (χ1n) is 6.94. The summed E-state index contributed by atoms with van der Waals surface area (Å²) < 4.78 is 5.67. The first-order chi connectivity index (χ1) is 8.86. The summed E-state index contributed by atoms with van der Waals surface area (Å²) in [6.45, 7) is 4.04. The molecular weight excluding hydrogens is 226 g/mol. The Labute approximate surface area is 110 Å². The summed E-state index contributed by atoms with van der Waals surface area (Å²) in [5.74, 6) is 0.930. The minimum atomic E-state index is 0.228. The highest BCUT2D eigenvalue weighted by molar-refractivity contribution is 5.46. The second kappa shape index (κ2) is 9.77. The summed E-state index contributed by atoms with van der Waals surface area (Å²) in [6.07, 6.45) is 5.70. The van der Waals surface area contributed by atoms with Gasteiger partial charge in [-0.2, -0.15) is 0 Å². The Hall–Kier alpha value is -1.22. The van der Waals surface area contributed by atoms with E-state index >= 15 is 0 Å². The lowest BCUT2D eigenvalue weighted by molar-refractivity contribution is 0.292. The first-order valence-corrected chi connectivity index (χ1v) is 6.94. The Morgan fingerprint density at radius 2 is 1.83 bits per heavy atom. The molecule has 2 N–H and O–H groups in total. The largest absolute Gasteiger partial charge is 0.494 e. The van der Waals surface area contributed by atoms with Gasteiger partial charge in [-0.15, -0.1) is 0 Å². The maximum atomic E-state index is 8.69. The van der Waals surface area contributed by atoms with Crippen LogP contribution in [-0.4, -0.2) is 24.9 Å². The summed E-state index contributed by atoms with van der Waals surface area (Å²) in [5.41, 5.74) is 1.07. The molecule has 0 radical (unpaired) electrons. The number of hydrogen-bond donors (Lipinski definition) is 2. The Balaban J connectivity index is 2.19. The van der Waals surface area contributed by atoms with E-state index < -0.39 is 0 Å². The van der Waals surface area contributed by atoms with Crippen molar-refractivity contribution in [2.75, 3.05) is 25.1 Å². The summed E-state index contributed by atoms with van der Waals surface area (Å²) in [4.78, 5) is 0. The SMILES string of the molecule is CCCCCCOc1ccc(NCCCO)cc1. The van der Waals surface area contributed by atoms with Crippen molar-refractivity contribution in [3.63, 3.8) is 0 Å². The van der Waals surface area contributed by atoms with Gasteiger partial charge in [0.1, 0.15) is 5.75 Å². The Morgan fingerprint density at radius 3 is 2.50 bits per heavy atom. The smallest absolute Gasteiger partial charge is 0.119 e. The van der Waals surface area contributed by atoms with Gasteiger partial charge in [-0.3, -0.25) is 0 Å². The van der Waals surface area contributed by atoms with Crippen LogP contribution >= 0.6 is 0 Å². The molecular formula is C15H25NO2. The van der Waals surface area contributed by atoms with E-state index in [-0.39, 0.29) is 6.61 Å². The standard InChI is InChI=1S/C15H25NO2/c1-2-3-4-5-13-18-15-9-7-14(8-10-15)16-11-6-12-17/h7-10,16-17H,2-6,11-13H2,1H3. The molecule has 0 saturated heterocycles. The molecule has 3 heteroatoms. The predicted octanol–water partition coefficient (Wildman–Crippen LogP) is 3.44. The lowest BCUT2D eigenvalue weighted by Crippen LogP contribution is -2.03. The third-order valence-electron chi connectivity index (χ3n) is 2.78. The van der Waals surface area contributed by atoms with E-state index in [0.29, 0.717) is 0 Å². The summed E-state index contributed by atoms with van der Waals surface area (Å²) in [5, 5.41) is 11.9. The molecule has 0 atom stereocenters. The molecule has 3 nitrogen and oxygen atoms in total. The van der Waals surface area contributed by atoms with E-state index in [9.17, 15) is 0 Å². The van der Waals surface area contributed by atoms with Gasteiger partial charge in [0, 0.05) is 18.8 Å². The van der Waals surface area contributed by atoms with E-state index in [1.807, 2.05) is 24.3 Å². The van der Waals surface area contributed by atoms with Crippen LogP contribution in [-0.2, 0) is 0 Å². The lowest BCUT2D eigenvalue weighted by Gasteiger charge is -2.08. The van der Waals surface area contributed by atoms with Crippen LogP contribution < -0.4 is 10.1 Å². The predicted molar refractivity (Wildman–Crippen MR) is 76.3 cm³/mol. The van der Waals surface area contributed by atoms with E-state index in [1.165, 1.54) is 19.3 Å². The van der Waals surface area contributed by atoms with Crippen LogP contribution in [0, 0.1) is 0 Å². The van der Waals surface area contributed by atoms with Gasteiger partial charge in [0.25, 0.3) is 0 Å². The number of aliphatic hydroxyl groups excluding tert-OH is 1. The van der Waals surface area contributed by atoms with E-state index in [4.69, 9.17) is 9.84 Å². The van der Waals surface area contributed by atoms with Crippen molar-refractivity contribution in [1.29, 1.82) is 0 Å². The maximum absolute atomic E-state index is 8.69. The molecule has 0 amide bonds. The summed E-state index contributed by atoms with van der Waals surface area (Å²) in [6, 6.07) is 8.00. The number of hydrogen-bond acceptors (Lipinski definition) is 3. The van der Waals surface area contributed by atoms with E-state index in [1.54, 1.807) is 0 Å². The normalized spacial score (nSPS) is 10.3. The van der Waals surface area contributed by atoms with Crippen LogP contribution in [0.3, 0.4) is 0 Å². The summed E-state index contributed by atoms with van der Waals surface area (Å²) in [7, 11) is 0. The number of aliphatic hydroxyl groups is 1. The number of unbranched alkanes of at least 4 members (excludes halogenated alkanes) is 3. The van der Waals surface area contributed by atoms with Crippen molar-refractivity contribution in [3.8, 4) is 5.75 Å². The van der Waals surface area contributed by atoms with Crippen molar-refractivity contribution in [2.24, 2.45) is 0 Å². The number of benzene rings is 1. The van der Waals surface area contributed by atoms with Gasteiger partial charge in [-0.05, 0) is 37.1 Å². The lowest BCUT2D eigenvalue weighted by atomic mass is 10.2. The van der Waals surface area contributed by atoms with Gasteiger partial charge in [-0.1, -0.05) is 26.2 Å². The fourth-order valence-corrected chi connectivity index (χ4v) is 1.70. The molecule has 0 unspecified atom stereocenters. The molecule has 0 heterocycles. The quantitative estimate of drug-likeness (QED) is 0.626. The highest BCUT2D eigenvalue weighted by Crippen LogP contribution is 2.16. The molecule has 1 aromatic rings. The van der Waals surface area contributed by atoms with Gasteiger partial charge >= 0.3 is 0 Å². The number of ether oxygens (including phenoxy) is 1. The molecule has 1 rings (SSSR count). The van der Waals surface area contributed by atoms with Crippen LogP contribution in [0.15, 0.2) is 24.3 Å². The van der Waals surface area contributed by atoms with Crippen LogP contribution in [0.4, 0.5) is 5.69 Å². The van der Waals surface area contributed by atoms with Crippen LogP contribution in [0.5, 0.6) is 5.75 Å². The average Bonchev–Trinajstić information content (AvgIpc) is 2.40. The molecule has 0 aromatic heterocycles. The third-order valence-corrected chi connectivity index (χ3v) is 2.78. The zero-order valence-corrected chi connectivity index (χ0v) is 11.3.